The van der Waals surface area contributed by atoms with Crippen LogP contribution >= 0.6 is 7.82 Å². The van der Waals surface area contributed by atoms with Crippen LogP contribution in [0.15, 0.2) is 60.8 Å². The third kappa shape index (κ3) is 49.9. The minimum atomic E-state index is -4.36. The first-order chi connectivity index (χ1) is 31.5. The first kappa shape index (κ1) is 63.2. The van der Waals surface area contributed by atoms with Gasteiger partial charge in [0.25, 0.3) is 0 Å². The van der Waals surface area contributed by atoms with Gasteiger partial charge in [-0.15, -0.1) is 0 Å². The number of nitrogens with one attached hydrogen (secondary N) is 1. The van der Waals surface area contributed by atoms with Crippen molar-refractivity contribution in [1.29, 1.82) is 0 Å². The van der Waals surface area contributed by atoms with Gasteiger partial charge in [-0.05, 0) is 77.0 Å². The van der Waals surface area contributed by atoms with Gasteiger partial charge in [0.05, 0.1) is 39.9 Å². The summed E-state index contributed by atoms with van der Waals surface area (Å²) in [5.74, 6) is -0.194. The van der Waals surface area contributed by atoms with Crippen molar-refractivity contribution in [2.45, 2.75) is 251 Å². The lowest BCUT2D eigenvalue weighted by atomic mass is 10.0. The molecule has 65 heavy (non-hydrogen) atoms. The maximum absolute atomic E-state index is 12.9. The Morgan fingerprint density at radius 2 is 0.892 bits per heavy atom. The molecule has 0 bridgehead atoms. The van der Waals surface area contributed by atoms with E-state index in [-0.39, 0.29) is 19.1 Å². The van der Waals surface area contributed by atoms with Crippen LogP contribution in [0.3, 0.4) is 0 Å². The summed E-state index contributed by atoms with van der Waals surface area (Å²) in [5, 5.41) is 13.9. The van der Waals surface area contributed by atoms with Crippen molar-refractivity contribution in [3.05, 3.63) is 60.8 Å². The van der Waals surface area contributed by atoms with Crippen LogP contribution in [-0.2, 0) is 18.4 Å². The van der Waals surface area contributed by atoms with Gasteiger partial charge in [-0.3, -0.25) is 13.8 Å². The van der Waals surface area contributed by atoms with Gasteiger partial charge in [-0.1, -0.05) is 216 Å². The fourth-order valence-electron chi connectivity index (χ4n) is 7.63. The Bertz CT molecular complexity index is 1240. The number of nitrogens with zero attached hydrogens (tertiary/aromatic N) is 1. The summed E-state index contributed by atoms with van der Waals surface area (Å²) in [6.45, 7) is 4.78. The fourth-order valence-corrected chi connectivity index (χ4v) is 8.37. The van der Waals surface area contributed by atoms with Gasteiger partial charge in [0, 0.05) is 6.42 Å². The summed E-state index contributed by atoms with van der Waals surface area (Å²) in [7, 11) is 1.54. The summed E-state index contributed by atoms with van der Waals surface area (Å²) in [4.78, 5) is 23.2. The predicted molar refractivity (Wildman–Crippen MR) is 281 cm³/mol. The first-order valence-corrected chi connectivity index (χ1v) is 28.7. The average molecular weight is 934 g/mol. The van der Waals surface area contributed by atoms with Crippen LogP contribution in [0.4, 0.5) is 0 Å². The molecule has 3 N–H and O–H groups in total. The van der Waals surface area contributed by atoms with E-state index < -0.39 is 20.0 Å². The quantitative estimate of drug-likeness (QED) is 0.0243. The molecule has 0 saturated carbocycles. The molecule has 0 rings (SSSR count). The number of amides is 1. The van der Waals surface area contributed by atoms with Gasteiger partial charge in [0.2, 0.25) is 5.91 Å². The summed E-state index contributed by atoms with van der Waals surface area (Å²) in [6.07, 6.45) is 63.2. The molecule has 380 valence electrons. The van der Waals surface area contributed by atoms with Gasteiger partial charge in [0.15, 0.2) is 0 Å². The van der Waals surface area contributed by atoms with E-state index in [1.807, 2.05) is 27.2 Å². The van der Waals surface area contributed by atoms with Crippen LogP contribution in [0.25, 0.3) is 0 Å². The van der Waals surface area contributed by atoms with Crippen LogP contribution in [0.2, 0.25) is 0 Å². The molecule has 0 aromatic carbocycles. The zero-order valence-corrected chi connectivity index (χ0v) is 44.1. The Morgan fingerprint density at radius 1 is 0.523 bits per heavy atom. The molecule has 9 heteroatoms. The summed E-state index contributed by atoms with van der Waals surface area (Å²) in [5.41, 5.74) is 0. The molecule has 0 aliphatic rings. The second kappa shape index (κ2) is 47.3. The highest BCUT2D eigenvalue weighted by atomic mass is 31.2. The number of allylic oxidation sites excluding steroid dienone is 9. The number of unbranched alkanes of at least 4 members (excludes halogenated alkanes) is 28. The number of carbonyl (C=O) groups excluding carboxylic acids is 1. The van der Waals surface area contributed by atoms with Crippen LogP contribution in [0.1, 0.15) is 239 Å². The van der Waals surface area contributed by atoms with E-state index in [0.717, 1.165) is 51.4 Å². The van der Waals surface area contributed by atoms with Crippen molar-refractivity contribution in [3.8, 4) is 0 Å². The number of phosphoric ester groups is 1. The molecule has 0 radical (unpaired) electrons. The van der Waals surface area contributed by atoms with Crippen LogP contribution in [-0.4, -0.2) is 73.4 Å². The first-order valence-electron chi connectivity index (χ1n) is 27.2. The van der Waals surface area contributed by atoms with E-state index in [1.165, 1.54) is 167 Å². The Kier molecular flexibility index (Phi) is 46.0. The Labute approximate surface area is 402 Å². The fraction of sp³-hybridized carbons (Fsp3) is 0.804. The monoisotopic (exact) mass is 934 g/mol. The van der Waals surface area contributed by atoms with Gasteiger partial charge < -0.3 is 19.8 Å². The molecule has 0 aliphatic heterocycles. The molecular formula is C56H106N2O6P+. The van der Waals surface area contributed by atoms with Crippen LogP contribution in [0, 0.1) is 0 Å². The largest absolute Gasteiger partial charge is 0.472 e. The van der Waals surface area contributed by atoms with Crippen molar-refractivity contribution < 1.29 is 32.9 Å². The highest BCUT2D eigenvalue weighted by Gasteiger charge is 2.27. The minimum absolute atomic E-state index is 0.0514. The van der Waals surface area contributed by atoms with Crippen LogP contribution in [0.5, 0.6) is 0 Å². The molecule has 3 atom stereocenters. The SMILES string of the molecule is CCCCCCCC/C=C/CC/C=C/CC/C=C/C(O)C(COP(=O)(O)OCC[N+](C)(C)C)NC(=O)CCCCCCCCCCCCC/C=C\C/C=C\CCCCCCCCCCC. The highest BCUT2D eigenvalue weighted by molar-refractivity contribution is 7.47. The Balaban J connectivity index is 4.26. The molecule has 3 unspecified atom stereocenters. The summed E-state index contributed by atoms with van der Waals surface area (Å²) < 4.78 is 23.6. The molecule has 0 spiro atoms. The highest BCUT2D eigenvalue weighted by Crippen LogP contribution is 2.43. The van der Waals surface area contributed by atoms with E-state index in [4.69, 9.17) is 9.05 Å². The third-order valence-electron chi connectivity index (χ3n) is 11.9. The van der Waals surface area contributed by atoms with Crippen molar-refractivity contribution >= 4 is 13.7 Å². The number of phosphoric acid groups is 1. The number of hydrogen-bond donors (Lipinski definition) is 3. The molecule has 1 amide bonds. The standard InChI is InChI=1S/C56H105N2O6P/c1-6-8-10-12-14-16-18-20-22-24-25-26-27-28-29-30-31-32-33-34-36-38-40-42-44-46-48-50-56(60)57-54(53-64-65(61,62)63-52-51-58(3,4)5)55(59)49-47-45-43-41-39-37-35-23-21-19-17-15-13-11-9-7-2/h21,23,25-26,28-29,39,41,47,49,54-55,59H,6-20,22,24,27,30-38,40,42-46,48,50-53H2,1-5H3,(H-,57,60,61,62)/p+1/b23-21+,26-25-,29-28-,41-39+,49-47+. The van der Waals surface area contributed by atoms with E-state index in [1.54, 1.807) is 6.08 Å². The number of aliphatic hydroxyl groups is 1. The number of aliphatic hydroxyl groups excluding tert-OH is 1. The lowest BCUT2D eigenvalue weighted by Crippen LogP contribution is -2.45. The molecule has 0 aliphatic carbocycles. The third-order valence-corrected chi connectivity index (χ3v) is 12.9. The van der Waals surface area contributed by atoms with Gasteiger partial charge in [0.1, 0.15) is 13.2 Å². The molecule has 0 aromatic heterocycles. The van der Waals surface area contributed by atoms with Gasteiger partial charge in [-0.2, -0.15) is 0 Å². The lowest BCUT2D eigenvalue weighted by molar-refractivity contribution is -0.870. The Hall–Kier alpha value is -1.80. The van der Waals surface area contributed by atoms with Crippen molar-refractivity contribution in [1.82, 2.24) is 5.32 Å². The Morgan fingerprint density at radius 3 is 1.32 bits per heavy atom. The maximum atomic E-state index is 12.9. The van der Waals surface area contributed by atoms with Crippen molar-refractivity contribution in [2.75, 3.05) is 40.9 Å². The number of likely N-dealkylation sites (N-methyl/N-ethyl adjacent to an activating group) is 1. The van der Waals surface area contributed by atoms with E-state index >= 15 is 0 Å². The maximum Gasteiger partial charge on any atom is 0.472 e. The number of carbonyl (C=O) groups is 1. The topological polar surface area (TPSA) is 105 Å². The summed E-state index contributed by atoms with van der Waals surface area (Å²) >= 11 is 0. The van der Waals surface area contributed by atoms with E-state index in [0.29, 0.717) is 17.4 Å². The number of rotatable bonds is 49. The smallest absolute Gasteiger partial charge is 0.387 e. The molecule has 0 fully saturated rings. The summed E-state index contributed by atoms with van der Waals surface area (Å²) in [6, 6.07) is -0.872. The van der Waals surface area contributed by atoms with Gasteiger partial charge >= 0.3 is 7.82 Å². The number of hydrogen-bond acceptors (Lipinski definition) is 5. The molecule has 8 nitrogen and oxygen atoms in total. The second-order valence-electron chi connectivity index (χ2n) is 19.6. The van der Waals surface area contributed by atoms with E-state index in [2.05, 4.69) is 67.8 Å². The second-order valence-corrected chi connectivity index (χ2v) is 21.0. The van der Waals surface area contributed by atoms with Crippen LogP contribution < -0.4 is 5.32 Å². The lowest BCUT2D eigenvalue weighted by Gasteiger charge is -2.25. The zero-order chi connectivity index (χ0) is 47.8. The molecule has 0 aromatic rings. The van der Waals surface area contributed by atoms with Crippen molar-refractivity contribution in [3.63, 3.8) is 0 Å². The predicted octanol–water partition coefficient (Wildman–Crippen LogP) is 16.1. The molecule has 0 heterocycles. The average Bonchev–Trinajstić information content (AvgIpc) is 3.26. The minimum Gasteiger partial charge on any atom is -0.387 e. The number of quaternary nitrogens is 1. The normalized spacial score (nSPS) is 14.5. The zero-order valence-electron chi connectivity index (χ0n) is 43.2. The molecular weight excluding hydrogens is 828 g/mol. The van der Waals surface area contributed by atoms with Crippen molar-refractivity contribution in [2.24, 2.45) is 0 Å². The van der Waals surface area contributed by atoms with E-state index in [9.17, 15) is 19.4 Å². The molecule has 0 saturated heterocycles. The van der Waals surface area contributed by atoms with Gasteiger partial charge in [-0.25, -0.2) is 4.57 Å².